The van der Waals surface area contributed by atoms with Crippen LogP contribution in [0.5, 0.6) is 0 Å². The Hall–Kier alpha value is -2.86. The molecule has 33 heavy (non-hydrogen) atoms. The number of carbonyl (C=O) groups is 2. The van der Waals surface area contributed by atoms with Crippen LogP contribution in [0.2, 0.25) is 0 Å². The largest absolute Gasteiger partial charge is 0.445 e. The van der Waals surface area contributed by atoms with E-state index in [-0.39, 0.29) is 18.6 Å². The van der Waals surface area contributed by atoms with Crippen molar-refractivity contribution in [2.75, 3.05) is 19.6 Å². The molecule has 6 nitrogen and oxygen atoms in total. The lowest BCUT2D eigenvalue weighted by Crippen LogP contribution is -2.39. The summed E-state index contributed by atoms with van der Waals surface area (Å²) in [4.78, 5) is 29.1. The molecular weight excluding hydrogens is 414 g/mol. The zero-order valence-electron chi connectivity index (χ0n) is 20.0. The van der Waals surface area contributed by atoms with Crippen LogP contribution in [0, 0.1) is 0 Å². The van der Waals surface area contributed by atoms with Crippen molar-refractivity contribution in [1.29, 1.82) is 0 Å². The molecule has 178 valence electrons. The predicted molar refractivity (Wildman–Crippen MR) is 131 cm³/mol. The quantitative estimate of drug-likeness (QED) is 0.599. The highest BCUT2D eigenvalue weighted by atomic mass is 16.5. The summed E-state index contributed by atoms with van der Waals surface area (Å²) in [5, 5.41) is 2.81. The second kappa shape index (κ2) is 13.0. The molecule has 1 aliphatic heterocycles. The van der Waals surface area contributed by atoms with E-state index in [1.54, 1.807) is 6.92 Å². The van der Waals surface area contributed by atoms with Gasteiger partial charge in [-0.15, -0.1) is 0 Å². The monoisotopic (exact) mass is 451 g/mol. The van der Waals surface area contributed by atoms with Gasteiger partial charge in [0.2, 0.25) is 5.91 Å². The van der Waals surface area contributed by atoms with Gasteiger partial charge in [-0.05, 0) is 55.5 Å². The van der Waals surface area contributed by atoms with Crippen molar-refractivity contribution in [1.82, 2.24) is 15.1 Å². The standard InChI is InChI=1S/C27H37N3O3/c1-3-15-29-16-8-13-26(14-17-29)30(22(2)31)20-25-12-7-11-24(18-25)19-28-27(32)33-21-23-9-5-4-6-10-23/h4-7,9-12,18,26H,3,8,13-17,19-21H2,1-2H3,(H,28,32). The zero-order chi connectivity index (χ0) is 23.5. The highest BCUT2D eigenvalue weighted by molar-refractivity contribution is 5.73. The van der Waals surface area contributed by atoms with Crippen LogP contribution in [0.15, 0.2) is 54.6 Å². The second-order valence-electron chi connectivity index (χ2n) is 8.81. The fourth-order valence-corrected chi connectivity index (χ4v) is 4.47. The summed E-state index contributed by atoms with van der Waals surface area (Å²) in [6.45, 7) is 8.43. The predicted octanol–water partition coefficient (Wildman–Crippen LogP) is 4.73. The van der Waals surface area contributed by atoms with Gasteiger partial charge in [0.25, 0.3) is 0 Å². The van der Waals surface area contributed by atoms with E-state index >= 15 is 0 Å². The normalized spacial score (nSPS) is 16.6. The van der Waals surface area contributed by atoms with Gasteiger partial charge in [-0.1, -0.05) is 61.5 Å². The van der Waals surface area contributed by atoms with Crippen LogP contribution < -0.4 is 5.32 Å². The van der Waals surface area contributed by atoms with E-state index in [1.165, 1.54) is 6.42 Å². The number of nitrogens with one attached hydrogen (secondary N) is 1. The molecule has 0 aliphatic carbocycles. The van der Waals surface area contributed by atoms with E-state index in [0.29, 0.717) is 13.1 Å². The molecular formula is C27H37N3O3. The Morgan fingerprint density at radius 2 is 1.79 bits per heavy atom. The Morgan fingerprint density at radius 1 is 1.03 bits per heavy atom. The van der Waals surface area contributed by atoms with Crippen molar-refractivity contribution in [3.63, 3.8) is 0 Å². The number of alkyl carbamates (subject to hydrolysis) is 1. The Bertz CT molecular complexity index is 887. The number of ether oxygens (including phenoxy) is 1. The third kappa shape index (κ3) is 8.21. The van der Waals surface area contributed by atoms with E-state index in [2.05, 4.69) is 23.2 Å². The van der Waals surface area contributed by atoms with Gasteiger partial charge in [0.1, 0.15) is 6.61 Å². The third-order valence-electron chi connectivity index (χ3n) is 6.17. The summed E-state index contributed by atoms with van der Waals surface area (Å²) < 4.78 is 5.29. The van der Waals surface area contributed by atoms with Crippen LogP contribution in [-0.2, 0) is 29.2 Å². The van der Waals surface area contributed by atoms with E-state index in [4.69, 9.17) is 4.74 Å². The number of nitrogens with zero attached hydrogens (tertiary/aromatic N) is 2. The summed E-state index contributed by atoms with van der Waals surface area (Å²) in [6.07, 6.45) is 3.93. The van der Waals surface area contributed by atoms with E-state index in [0.717, 1.165) is 55.6 Å². The van der Waals surface area contributed by atoms with Gasteiger partial charge in [-0.2, -0.15) is 0 Å². The zero-order valence-corrected chi connectivity index (χ0v) is 20.0. The molecule has 1 aliphatic rings. The van der Waals surface area contributed by atoms with E-state index < -0.39 is 6.09 Å². The van der Waals surface area contributed by atoms with Crippen molar-refractivity contribution in [3.05, 3.63) is 71.3 Å². The fraction of sp³-hybridized carbons (Fsp3) is 0.481. The van der Waals surface area contributed by atoms with Gasteiger partial charge in [-0.3, -0.25) is 4.79 Å². The van der Waals surface area contributed by atoms with Crippen LogP contribution in [-0.4, -0.2) is 47.5 Å². The minimum atomic E-state index is -0.440. The molecule has 1 unspecified atom stereocenters. The number of hydrogen-bond donors (Lipinski definition) is 1. The Kier molecular flexibility index (Phi) is 9.76. The maximum atomic E-state index is 12.5. The van der Waals surface area contributed by atoms with E-state index in [9.17, 15) is 9.59 Å². The topological polar surface area (TPSA) is 61.9 Å². The van der Waals surface area contributed by atoms with Crippen LogP contribution in [0.1, 0.15) is 56.2 Å². The number of benzene rings is 2. The third-order valence-corrected chi connectivity index (χ3v) is 6.17. The summed E-state index contributed by atoms with van der Waals surface area (Å²) in [7, 11) is 0. The average molecular weight is 452 g/mol. The number of likely N-dealkylation sites (tertiary alicyclic amines) is 1. The molecule has 2 aromatic rings. The first-order valence-electron chi connectivity index (χ1n) is 12.1. The molecule has 1 saturated heterocycles. The molecule has 0 saturated carbocycles. The molecule has 1 heterocycles. The number of rotatable bonds is 9. The van der Waals surface area contributed by atoms with Gasteiger partial charge in [-0.25, -0.2) is 4.79 Å². The molecule has 1 fully saturated rings. The van der Waals surface area contributed by atoms with Crippen LogP contribution in [0.3, 0.4) is 0 Å². The van der Waals surface area contributed by atoms with Gasteiger partial charge in [0.15, 0.2) is 0 Å². The highest BCUT2D eigenvalue weighted by Gasteiger charge is 2.24. The molecule has 3 rings (SSSR count). The first-order valence-corrected chi connectivity index (χ1v) is 12.1. The minimum absolute atomic E-state index is 0.122. The lowest BCUT2D eigenvalue weighted by Gasteiger charge is -2.30. The minimum Gasteiger partial charge on any atom is -0.445 e. The summed E-state index contributed by atoms with van der Waals surface area (Å²) in [5.41, 5.74) is 3.02. The van der Waals surface area contributed by atoms with Gasteiger partial charge < -0.3 is 19.9 Å². The maximum absolute atomic E-state index is 12.5. The molecule has 0 aromatic heterocycles. The summed E-state index contributed by atoms with van der Waals surface area (Å²) in [6, 6.07) is 18.0. The molecule has 0 spiro atoms. The molecule has 0 radical (unpaired) electrons. The first-order chi connectivity index (χ1) is 16.0. The average Bonchev–Trinajstić information content (AvgIpc) is 3.06. The molecule has 6 heteroatoms. The van der Waals surface area contributed by atoms with Crippen LogP contribution >= 0.6 is 0 Å². The SMILES string of the molecule is CCCN1CCCC(N(Cc2cccc(CNC(=O)OCc3ccccc3)c2)C(C)=O)CC1. The van der Waals surface area contributed by atoms with Crippen LogP contribution in [0.4, 0.5) is 4.79 Å². The molecule has 1 N–H and O–H groups in total. The second-order valence-corrected chi connectivity index (χ2v) is 8.81. The van der Waals surface area contributed by atoms with Crippen molar-refractivity contribution in [2.45, 2.75) is 65.3 Å². The number of carbonyl (C=O) groups excluding carboxylic acids is 2. The lowest BCUT2D eigenvalue weighted by atomic mass is 10.0. The van der Waals surface area contributed by atoms with Crippen LogP contribution in [0.25, 0.3) is 0 Å². The fourth-order valence-electron chi connectivity index (χ4n) is 4.47. The summed E-state index contributed by atoms with van der Waals surface area (Å²) in [5.74, 6) is 0.122. The molecule has 1 atom stereocenters. The number of amides is 2. The van der Waals surface area contributed by atoms with Gasteiger partial charge in [0.05, 0.1) is 0 Å². The first kappa shape index (κ1) is 24.8. The van der Waals surface area contributed by atoms with Crippen molar-refractivity contribution in [2.24, 2.45) is 0 Å². The van der Waals surface area contributed by atoms with Crippen molar-refractivity contribution >= 4 is 12.0 Å². The smallest absolute Gasteiger partial charge is 0.407 e. The van der Waals surface area contributed by atoms with E-state index in [1.807, 2.05) is 53.4 Å². The molecule has 2 amide bonds. The van der Waals surface area contributed by atoms with Gasteiger partial charge >= 0.3 is 6.09 Å². The molecule has 2 aromatic carbocycles. The highest BCUT2D eigenvalue weighted by Crippen LogP contribution is 2.20. The van der Waals surface area contributed by atoms with Crippen molar-refractivity contribution < 1.29 is 14.3 Å². The maximum Gasteiger partial charge on any atom is 0.407 e. The lowest BCUT2D eigenvalue weighted by molar-refractivity contribution is -0.132. The Morgan fingerprint density at radius 3 is 2.55 bits per heavy atom. The Balaban J connectivity index is 1.53. The van der Waals surface area contributed by atoms with Gasteiger partial charge in [0, 0.05) is 32.6 Å². The summed E-state index contributed by atoms with van der Waals surface area (Å²) >= 11 is 0. The van der Waals surface area contributed by atoms with Crippen molar-refractivity contribution in [3.8, 4) is 0 Å². The molecule has 0 bridgehead atoms. The Labute approximate surface area is 197 Å². The number of hydrogen-bond acceptors (Lipinski definition) is 4.